The van der Waals surface area contributed by atoms with Crippen LogP contribution in [0.5, 0.6) is 0 Å². The van der Waals surface area contributed by atoms with E-state index in [1.54, 1.807) is 0 Å². The van der Waals surface area contributed by atoms with Crippen molar-refractivity contribution in [3.05, 3.63) is 12.2 Å². The molecule has 1 aliphatic rings. The van der Waals surface area contributed by atoms with Crippen LogP contribution in [0.15, 0.2) is 12.2 Å². The van der Waals surface area contributed by atoms with Crippen molar-refractivity contribution in [3.63, 3.8) is 0 Å². The first kappa shape index (κ1) is 15.5. The van der Waals surface area contributed by atoms with Crippen LogP contribution in [0.1, 0.15) is 40.0 Å². The molecule has 5 heteroatoms. The first-order valence-electron chi connectivity index (χ1n) is 6.24. The van der Waals surface area contributed by atoms with Gasteiger partial charge in [-0.2, -0.15) is 13.2 Å². The topological polar surface area (TPSA) is 23.5 Å². The van der Waals surface area contributed by atoms with E-state index in [0.717, 1.165) is 6.08 Å². The Balaban J connectivity index is 2.50. The molecule has 0 unspecified atom stereocenters. The number of hydrogen-bond donors (Lipinski definition) is 1. The Kier molecular flexibility index (Phi) is 4.49. The normalized spacial score (nSPS) is 22.6. The molecule has 18 heavy (non-hydrogen) atoms. The van der Waals surface area contributed by atoms with E-state index in [9.17, 15) is 18.3 Å². The summed E-state index contributed by atoms with van der Waals surface area (Å²) < 4.78 is 36.0. The van der Waals surface area contributed by atoms with E-state index in [2.05, 4.69) is 25.7 Å². The first-order valence-corrected chi connectivity index (χ1v) is 6.24. The zero-order valence-corrected chi connectivity index (χ0v) is 11.2. The zero-order chi connectivity index (χ0) is 14.0. The van der Waals surface area contributed by atoms with Crippen LogP contribution in [0.25, 0.3) is 0 Å². The molecule has 106 valence electrons. The standard InChI is InChI=1S/C13H22F3NO/c1-11(2,3)17-9-7-12(18,8-10-17)5-4-6-13(14,15)16/h4-5,18H,6-10H2,1-3H3. The summed E-state index contributed by atoms with van der Waals surface area (Å²) in [5.41, 5.74) is -1.04. The van der Waals surface area contributed by atoms with Crippen molar-refractivity contribution in [3.8, 4) is 0 Å². The van der Waals surface area contributed by atoms with Gasteiger partial charge in [0.25, 0.3) is 0 Å². The minimum absolute atomic E-state index is 0.0387. The van der Waals surface area contributed by atoms with Crippen LogP contribution in [-0.4, -0.2) is 40.4 Å². The molecule has 0 aliphatic carbocycles. The van der Waals surface area contributed by atoms with Gasteiger partial charge in [-0.3, -0.25) is 4.90 Å². The molecule has 0 radical (unpaired) electrons. The molecule has 1 N–H and O–H groups in total. The molecule has 0 spiro atoms. The van der Waals surface area contributed by atoms with Gasteiger partial charge >= 0.3 is 6.18 Å². The largest absolute Gasteiger partial charge is 0.392 e. The van der Waals surface area contributed by atoms with E-state index in [-0.39, 0.29) is 5.54 Å². The fourth-order valence-electron chi connectivity index (χ4n) is 2.14. The number of likely N-dealkylation sites (tertiary alicyclic amines) is 1. The molecular formula is C13H22F3NO. The highest BCUT2D eigenvalue weighted by Crippen LogP contribution is 2.29. The van der Waals surface area contributed by atoms with Crippen LogP contribution < -0.4 is 0 Å². The summed E-state index contributed by atoms with van der Waals surface area (Å²) in [7, 11) is 0. The first-order chi connectivity index (χ1) is 8.02. The summed E-state index contributed by atoms with van der Waals surface area (Å²) in [5, 5.41) is 10.2. The van der Waals surface area contributed by atoms with E-state index in [1.807, 2.05) is 0 Å². The lowest BCUT2D eigenvalue weighted by atomic mass is 9.88. The Bertz CT molecular complexity index is 296. The summed E-state index contributed by atoms with van der Waals surface area (Å²) in [6.07, 6.45) is -1.85. The van der Waals surface area contributed by atoms with E-state index >= 15 is 0 Å². The Morgan fingerprint density at radius 2 is 1.67 bits per heavy atom. The summed E-state index contributed by atoms with van der Waals surface area (Å²) >= 11 is 0. The van der Waals surface area contributed by atoms with E-state index in [4.69, 9.17) is 0 Å². The number of nitrogens with zero attached hydrogens (tertiary/aromatic N) is 1. The van der Waals surface area contributed by atoms with Gasteiger partial charge in [0.15, 0.2) is 0 Å². The summed E-state index contributed by atoms with van der Waals surface area (Å²) in [4.78, 5) is 2.24. The van der Waals surface area contributed by atoms with Crippen LogP contribution in [0, 0.1) is 0 Å². The highest BCUT2D eigenvalue weighted by Gasteiger charge is 2.34. The predicted octanol–water partition coefficient (Wildman–Crippen LogP) is 3.12. The van der Waals surface area contributed by atoms with Gasteiger partial charge in [-0.1, -0.05) is 12.2 Å². The molecule has 1 heterocycles. The quantitative estimate of drug-likeness (QED) is 0.775. The summed E-state index contributed by atoms with van der Waals surface area (Å²) in [5.74, 6) is 0. The molecule has 0 aromatic heterocycles. The zero-order valence-electron chi connectivity index (χ0n) is 11.2. The molecule has 0 aromatic rings. The predicted molar refractivity (Wildman–Crippen MR) is 65.3 cm³/mol. The van der Waals surface area contributed by atoms with Crippen molar-refractivity contribution in [1.29, 1.82) is 0 Å². The maximum atomic E-state index is 12.0. The third-order valence-electron chi connectivity index (χ3n) is 3.36. The van der Waals surface area contributed by atoms with Crippen LogP contribution >= 0.6 is 0 Å². The molecule has 1 saturated heterocycles. The molecule has 0 saturated carbocycles. The highest BCUT2D eigenvalue weighted by atomic mass is 19.4. The molecule has 1 rings (SSSR count). The molecule has 2 nitrogen and oxygen atoms in total. The third-order valence-corrected chi connectivity index (χ3v) is 3.36. The van der Waals surface area contributed by atoms with Gasteiger partial charge in [-0.15, -0.1) is 0 Å². The van der Waals surface area contributed by atoms with Crippen LogP contribution in [0.2, 0.25) is 0 Å². The second-order valence-electron chi connectivity index (χ2n) is 5.98. The smallest absolute Gasteiger partial charge is 0.386 e. The minimum atomic E-state index is -4.20. The van der Waals surface area contributed by atoms with Gasteiger partial charge in [0.05, 0.1) is 12.0 Å². The van der Waals surface area contributed by atoms with Crippen molar-refractivity contribution in [1.82, 2.24) is 4.90 Å². The Labute approximate surface area is 106 Å². The number of alkyl halides is 3. The molecule has 1 aliphatic heterocycles. The maximum absolute atomic E-state index is 12.0. The number of piperidine rings is 1. The van der Waals surface area contributed by atoms with Gasteiger partial charge < -0.3 is 5.11 Å². The molecule has 1 fully saturated rings. The van der Waals surface area contributed by atoms with Crippen molar-refractivity contribution >= 4 is 0 Å². The lowest BCUT2D eigenvalue weighted by molar-refractivity contribution is -0.125. The fourth-order valence-corrected chi connectivity index (χ4v) is 2.14. The van der Waals surface area contributed by atoms with Gasteiger partial charge in [0.1, 0.15) is 0 Å². The van der Waals surface area contributed by atoms with Gasteiger partial charge in [0.2, 0.25) is 0 Å². The van der Waals surface area contributed by atoms with Crippen molar-refractivity contribution in [2.45, 2.75) is 57.3 Å². The number of halogens is 3. The van der Waals surface area contributed by atoms with Crippen LogP contribution in [-0.2, 0) is 0 Å². The second kappa shape index (κ2) is 5.21. The summed E-state index contributed by atoms with van der Waals surface area (Å²) in [6, 6.07) is 0. The van der Waals surface area contributed by atoms with Gasteiger partial charge in [-0.05, 0) is 33.6 Å². The van der Waals surface area contributed by atoms with Gasteiger partial charge in [0, 0.05) is 18.6 Å². The molecule has 0 bridgehead atoms. The van der Waals surface area contributed by atoms with E-state index in [0.29, 0.717) is 25.9 Å². The van der Waals surface area contributed by atoms with Crippen molar-refractivity contribution in [2.24, 2.45) is 0 Å². The lowest BCUT2D eigenvalue weighted by Gasteiger charge is -2.43. The van der Waals surface area contributed by atoms with Gasteiger partial charge in [-0.25, -0.2) is 0 Å². The molecule has 0 aromatic carbocycles. The number of hydrogen-bond acceptors (Lipinski definition) is 2. The monoisotopic (exact) mass is 265 g/mol. The Morgan fingerprint density at radius 3 is 2.06 bits per heavy atom. The van der Waals surface area contributed by atoms with Crippen molar-refractivity contribution < 1.29 is 18.3 Å². The number of rotatable bonds is 2. The van der Waals surface area contributed by atoms with E-state index in [1.165, 1.54) is 6.08 Å². The lowest BCUT2D eigenvalue weighted by Crippen LogP contribution is -2.50. The third kappa shape index (κ3) is 4.98. The van der Waals surface area contributed by atoms with Crippen LogP contribution in [0.4, 0.5) is 13.2 Å². The molecular weight excluding hydrogens is 243 g/mol. The highest BCUT2D eigenvalue weighted by molar-refractivity contribution is 5.05. The fraction of sp³-hybridized carbons (Fsp3) is 0.846. The van der Waals surface area contributed by atoms with Crippen molar-refractivity contribution in [2.75, 3.05) is 13.1 Å². The number of aliphatic hydroxyl groups is 1. The van der Waals surface area contributed by atoms with Crippen LogP contribution in [0.3, 0.4) is 0 Å². The molecule has 0 atom stereocenters. The SMILES string of the molecule is CC(C)(C)N1CCC(O)(C=CCC(F)(F)F)CC1. The summed E-state index contributed by atoms with van der Waals surface area (Å²) in [6.45, 7) is 7.69. The maximum Gasteiger partial charge on any atom is 0.392 e. The van der Waals surface area contributed by atoms with E-state index < -0.39 is 18.2 Å². The average Bonchev–Trinajstić information content (AvgIpc) is 2.14. The number of allylic oxidation sites excluding steroid dienone is 1. The minimum Gasteiger partial charge on any atom is -0.386 e. The Hall–Kier alpha value is -0.550. The second-order valence-corrected chi connectivity index (χ2v) is 5.98. The average molecular weight is 265 g/mol. The Morgan fingerprint density at radius 1 is 1.17 bits per heavy atom. The molecule has 0 amide bonds.